The Morgan fingerprint density at radius 2 is 1.97 bits per heavy atom. The number of carbonyl (C=O) groups is 1. The van der Waals surface area contributed by atoms with Gasteiger partial charge in [-0.3, -0.25) is 0 Å². The van der Waals surface area contributed by atoms with E-state index in [0.717, 1.165) is 10.8 Å². The van der Waals surface area contributed by atoms with Gasteiger partial charge in [0.25, 0.3) is 0 Å². The first-order chi connectivity index (χ1) is 13.8. The number of benzene rings is 2. The zero-order valence-corrected chi connectivity index (χ0v) is 17.3. The van der Waals surface area contributed by atoms with Crippen molar-refractivity contribution in [2.75, 3.05) is 6.54 Å². The average Bonchev–Trinajstić information content (AvgIpc) is 3.24. The van der Waals surface area contributed by atoms with E-state index in [1.807, 2.05) is 24.3 Å². The van der Waals surface area contributed by atoms with Gasteiger partial charge in [-0.1, -0.05) is 35.5 Å². The van der Waals surface area contributed by atoms with Crippen molar-refractivity contribution >= 4 is 39.4 Å². The quantitative estimate of drug-likeness (QED) is 0.599. The summed E-state index contributed by atoms with van der Waals surface area (Å²) in [5, 5.41) is 18.4. The monoisotopic (exact) mass is 432 g/mol. The normalized spacial score (nSPS) is 20.3. The highest BCUT2D eigenvalue weighted by atomic mass is 32.2. The highest BCUT2D eigenvalue weighted by molar-refractivity contribution is 7.89. The second kappa shape index (κ2) is 7.43. The van der Waals surface area contributed by atoms with Crippen LogP contribution in [-0.2, 0) is 16.6 Å². The van der Waals surface area contributed by atoms with Crippen molar-refractivity contribution in [1.82, 2.24) is 19.3 Å². The van der Waals surface area contributed by atoms with E-state index in [0.29, 0.717) is 12.1 Å². The number of nitrogens with zero attached hydrogens (tertiary/aromatic N) is 4. The van der Waals surface area contributed by atoms with Crippen molar-refractivity contribution in [2.24, 2.45) is 0 Å². The van der Waals surface area contributed by atoms with Crippen LogP contribution < -0.4 is 0 Å². The molecule has 1 aliphatic rings. The van der Waals surface area contributed by atoms with Crippen LogP contribution in [0.5, 0.6) is 0 Å². The van der Waals surface area contributed by atoms with Gasteiger partial charge in [-0.15, -0.1) is 5.10 Å². The lowest BCUT2D eigenvalue weighted by molar-refractivity contribution is 0.0689. The molecule has 8 nitrogen and oxygen atoms in total. The molecule has 3 aromatic rings. The van der Waals surface area contributed by atoms with E-state index in [1.54, 1.807) is 25.1 Å². The minimum Gasteiger partial charge on any atom is -0.476 e. The number of thiol groups is 1. The average molecular weight is 433 g/mol. The summed E-state index contributed by atoms with van der Waals surface area (Å²) < 4.78 is 29.6. The molecule has 0 amide bonds. The predicted molar refractivity (Wildman–Crippen MR) is 111 cm³/mol. The molecule has 0 saturated carbocycles. The number of sulfonamides is 1. The van der Waals surface area contributed by atoms with E-state index < -0.39 is 22.0 Å². The van der Waals surface area contributed by atoms with Crippen LogP contribution in [0.4, 0.5) is 0 Å². The van der Waals surface area contributed by atoms with E-state index in [1.165, 1.54) is 8.99 Å². The molecule has 4 rings (SSSR count). The van der Waals surface area contributed by atoms with Crippen LogP contribution in [0.3, 0.4) is 0 Å². The number of aromatic nitrogens is 3. The Bertz CT molecular complexity index is 1190. The molecule has 29 heavy (non-hydrogen) atoms. The number of aromatic carboxylic acids is 1. The summed E-state index contributed by atoms with van der Waals surface area (Å²) in [7, 11) is -3.75. The number of hydrogen-bond acceptors (Lipinski definition) is 6. The smallest absolute Gasteiger partial charge is 0.358 e. The molecule has 0 bridgehead atoms. The van der Waals surface area contributed by atoms with Gasteiger partial charge in [-0.2, -0.15) is 16.9 Å². The zero-order valence-electron chi connectivity index (χ0n) is 15.6. The number of fused-ring (bicyclic) bond motifs is 1. The Morgan fingerprint density at radius 1 is 1.24 bits per heavy atom. The van der Waals surface area contributed by atoms with Gasteiger partial charge in [0, 0.05) is 17.8 Å². The van der Waals surface area contributed by atoms with E-state index in [4.69, 9.17) is 5.11 Å². The molecule has 0 spiro atoms. The van der Waals surface area contributed by atoms with Crippen LogP contribution in [0, 0.1) is 6.92 Å². The van der Waals surface area contributed by atoms with Crippen LogP contribution in [0.2, 0.25) is 0 Å². The molecule has 0 radical (unpaired) electrons. The first kappa shape index (κ1) is 19.9. The fraction of sp³-hybridized carbons (Fsp3) is 0.316. The number of carboxylic acid groups (broad SMARTS) is 1. The molecule has 2 heterocycles. The van der Waals surface area contributed by atoms with Crippen molar-refractivity contribution in [3.8, 4) is 0 Å². The molecule has 10 heteroatoms. The van der Waals surface area contributed by atoms with Crippen LogP contribution in [-0.4, -0.2) is 56.6 Å². The molecule has 1 aromatic heterocycles. The minimum atomic E-state index is -3.75. The Morgan fingerprint density at radius 3 is 2.66 bits per heavy atom. The topological polar surface area (TPSA) is 105 Å². The molecule has 0 aliphatic carbocycles. The van der Waals surface area contributed by atoms with Gasteiger partial charge in [-0.25, -0.2) is 17.9 Å². The number of rotatable bonds is 5. The lowest BCUT2D eigenvalue weighted by atomic mass is 10.1. The molecular formula is C19H20N4O4S2. The van der Waals surface area contributed by atoms with Crippen molar-refractivity contribution in [1.29, 1.82) is 0 Å². The van der Waals surface area contributed by atoms with Crippen LogP contribution >= 0.6 is 12.6 Å². The SMILES string of the molecule is Cc1c(C(=O)O)nnn1CC1CC(S)CN1S(=O)(=O)c1ccc2ccccc2c1. The van der Waals surface area contributed by atoms with Gasteiger partial charge in [0.2, 0.25) is 10.0 Å². The third kappa shape index (κ3) is 3.63. The summed E-state index contributed by atoms with van der Waals surface area (Å²) in [5.74, 6) is -1.16. The van der Waals surface area contributed by atoms with E-state index in [-0.39, 0.29) is 28.9 Å². The lowest BCUT2D eigenvalue weighted by Gasteiger charge is -2.24. The largest absolute Gasteiger partial charge is 0.476 e. The maximum absolute atomic E-state index is 13.4. The van der Waals surface area contributed by atoms with Crippen LogP contribution in [0.15, 0.2) is 47.4 Å². The molecule has 152 valence electrons. The maximum atomic E-state index is 13.4. The molecule has 2 atom stereocenters. The Labute approximate surface area is 173 Å². The van der Waals surface area contributed by atoms with Gasteiger partial charge < -0.3 is 5.11 Å². The van der Waals surface area contributed by atoms with Crippen LogP contribution in [0.1, 0.15) is 22.6 Å². The summed E-state index contributed by atoms with van der Waals surface area (Å²) in [6.07, 6.45) is 0.539. The summed E-state index contributed by atoms with van der Waals surface area (Å²) in [5.41, 5.74) is 0.262. The van der Waals surface area contributed by atoms with E-state index in [2.05, 4.69) is 22.9 Å². The summed E-state index contributed by atoms with van der Waals surface area (Å²) in [6.45, 7) is 2.11. The third-order valence-electron chi connectivity index (χ3n) is 5.24. The van der Waals surface area contributed by atoms with Gasteiger partial charge in [0.1, 0.15) is 0 Å². The summed E-state index contributed by atoms with van der Waals surface area (Å²) >= 11 is 4.50. The lowest BCUT2D eigenvalue weighted by Crippen LogP contribution is -2.38. The second-order valence-corrected chi connectivity index (χ2v) is 9.76. The van der Waals surface area contributed by atoms with Crippen molar-refractivity contribution in [3.63, 3.8) is 0 Å². The maximum Gasteiger partial charge on any atom is 0.358 e. The standard InChI is InChI=1S/C19H20N4O4S2/c1-12-18(19(24)25)20-21-22(12)10-15-9-16(28)11-23(15)29(26,27)17-7-6-13-4-2-3-5-14(13)8-17/h2-8,15-16,28H,9-11H2,1H3,(H,24,25). The van der Waals surface area contributed by atoms with Gasteiger partial charge in [0.15, 0.2) is 5.69 Å². The Kier molecular flexibility index (Phi) is 5.09. The molecule has 1 aliphatic heterocycles. The third-order valence-corrected chi connectivity index (χ3v) is 7.53. The highest BCUT2D eigenvalue weighted by Gasteiger charge is 2.39. The first-order valence-electron chi connectivity index (χ1n) is 9.09. The molecule has 1 fully saturated rings. The first-order valence-corrected chi connectivity index (χ1v) is 11.0. The van der Waals surface area contributed by atoms with Crippen LogP contribution in [0.25, 0.3) is 10.8 Å². The number of carboxylic acids is 1. The van der Waals surface area contributed by atoms with Gasteiger partial charge in [-0.05, 0) is 36.2 Å². The molecule has 2 aromatic carbocycles. The van der Waals surface area contributed by atoms with Crippen molar-refractivity contribution < 1.29 is 18.3 Å². The molecule has 1 N–H and O–H groups in total. The van der Waals surface area contributed by atoms with Crippen molar-refractivity contribution in [2.45, 2.75) is 36.1 Å². The number of hydrogen-bond donors (Lipinski definition) is 2. The Hall–Kier alpha value is -2.43. The summed E-state index contributed by atoms with van der Waals surface area (Å²) in [4.78, 5) is 11.4. The van der Waals surface area contributed by atoms with Gasteiger partial charge in [0.05, 0.1) is 17.1 Å². The highest BCUT2D eigenvalue weighted by Crippen LogP contribution is 2.31. The molecule has 1 saturated heterocycles. The summed E-state index contributed by atoms with van der Waals surface area (Å²) in [6, 6.07) is 12.3. The fourth-order valence-corrected chi connectivity index (χ4v) is 5.96. The molecular weight excluding hydrogens is 412 g/mol. The Balaban J connectivity index is 1.66. The predicted octanol–water partition coefficient (Wildman–Crippen LogP) is 2.20. The fourth-order valence-electron chi connectivity index (χ4n) is 3.72. The van der Waals surface area contributed by atoms with E-state index in [9.17, 15) is 13.2 Å². The minimum absolute atomic E-state index is 0.113. The zero-order chi connectivity index (χ0) is 20.8. The molecule has 2 unspecified atom stereocenters. The second-order valence-electron chi connectivity index (χ2n) is 7.14. The van der Waals surface area contributed by atoms with E-state index >= 15 is 0 Å². The van der Waals surface area contributed by atoms with Crippen molar-refractivity contribution in [3.05, 3.63) is 53.9 Å². The van der Waals surface area contributed by atoms with Gasteiger partial charge >= 0.3 is 5.97 Å².